The van der Waals surface area contributed by atoms with Gasteiger partial charge >= 0.3 is 6.61 Å². The highest BCUT2D eigenvalue weighted by Gasteiger charge is 2.22. The van der Waals surface area contributed by atoms with Crippen LogP contribution < -0.4 is 4.74 Å². The van der Waals surface area contributed by atoms with Gasteiger partial charge in [-0.05, 0) is 55.2 Å². The monoisotopic (exact) mass is 304 g/mol. The zero-order chi connectivity index (χ0) is 14.5. The molecule has 110 valence electrons. The standard InChI is InChI=1S/C15H16ClF3O/c16-8-7-10-1-3-11(4-2-10)12-5-6-14(13(17)9-12)20-15(18)19/h5-11,15H,1-4H2/b8-7+. The van der Waals surface area contributed by atoms with E-state index in [-0.39, 0.29) is 5.92 Å². The van der Waals surface area contributed by atoms with Crippen LogP contribution in [-0.4, -0.2) is 6.61 Å². The van der Waals surface area contributed by atoms with Crippen LogP contribution in [0.4, 0.5) is 13.2 Å². The Morgan fingerprint density at radius 2 is 1.90 bits per heavy atom. The van der Waals surface area contributed by atoms with Crippen LogP contribution >= 0.6 is 11.6 Å². The number of rotatable bonds is 4. The Bertz CT molecular complexity index is 468. The number of benzene rings is 1. The summed E-state index contributed by atoms with van der Waals surface area (Å²) in [6, 6.07) is 4.25. The largest absolute Gasteiger partial charge is 0.432 e. The van der Waals surface area contributed by atoms with Crippen LogP contribution in [0, 0.1) is 11.7 Å². The first-order chi connectivity index (χ1) is 9.60. The van der Waals surface area contributed by atoms with Crippen LogP contribution in [0.2, 0.25) is 0 Å². The maximum atomic E-state index is 13.7. The predicted octanol–water partition coefficient (Wildman–Crippen LogP) is 5.45. The quantitative estimate of drug-likeness (QED) is 0.718. The van der Waals surface area contributed by atoms with Crippen molar-refractivity contribution in [2.24, 2.45) is 5.92 Å². The van der Waals surface area contributed by atoms with Crippen molar-refractivity contribution < 1.29 is 17.9 Å². The second kappa shape index (κ2) is 7.02. The van der Waals surface area contributed by atoms with Crippen molar-refractivity contribution in [3.8, 4) is 5.75 Å². The summed E-state index contributed by atoms with van der Waals surface area (Å²) < 4.78 is 41.9. The molecule has 20 heavy (non-hydrogen) atoms. The van der Waals surface area contributed by atoms with Gasteiger partial charge in [-0.3, -0.25) is 0 Å². The first-order valence-electron chi connectivity index (χ1n) is 6.61. The Kier molecular flexibility index (Phi) is 5.35. The van der Waals surface area contributed by atoms with Crippen molar-refractivity contribution in [2.45, 2.75) is 38.2 Å². The first kappa shape index (κ1) is 15.2. The Hall–Kier alpha value is -1.16. The lowest BCUT2D eigenvalue weighted by molar-refractivity contribution is -0.0522. The minimum atomic E-state index is -3.01. The van der Waals surface area contributed by atoms with E-state index in [4.69, 9.17) is 11.6 Å². The first-order valence-corrected chi connectivity index (χ1v) is 7.05. The molecule has 1 fully saturated rings. The summed E-state index contributed by atoms with van der Waals surface area (Å²) in [5.41, 5.74) is 2.39. The topological polar surface area (TPSA) is 9.23 Å². The summed E-state index contributed by atoms with van der Waals surface area (Å²) in [5, 5.41) is 0. The molecule has 1 nitrogen and oxygen atoms in total. The predicted molar refractivity (Wildman–Crippen MR) is 72.7 cm³/mol. The maximum absolute atomic E-state index is 13.7. The second-order valence-electron chi connectivity index (χ2n) is 5.00. The van der Waals surface area contributed by atoms with Crippen molar-refractivity contribution in [3.63, 3.8) is 0 Å². The smallest absolute Gasteiger partial charge is 0.387 e. The molecule has 0 aromatic heterocycles. The van der Waals surface area contributed by atoms with Crippen LogP contribution in [-0.2, 0) is 0 Å². The van der Waals surface area contributed by atoms with Gasteiger partial charge in [0.15, 0.2) is 11.6 Å². The molecule has 5 heteroatoms. The Balaban J connectivity index is 2.02. The van der Waals surface area contributed by atoms with E-state index in [9.17, 15) is 13.2 Å². The third-order valence-corrected chi connectivity index (χ3v) is 3.91. The van der Waals surface area contributed by atoms with Crippen molar-refractivity contribution >= 4 is 11.6 Å². The molecule has 2 rings (SSSR count). The lowest BCUT2D eigenvalue weighted by Gasteiger charge is -2.27. The average Bonchev–Trinajstić information content (AvgIpc) is 2.42. The molecule has 0 spiro atoms. The third-order valence-electron chi connectivity index (χ3n) is 3.76. The molecule has 1 aromatic rings. The summed E-state index contributed by atoms with van der Waals surface area (Å²) in [6.07, 6.45) is 5.88. The van der Waals surface area contributed by atoms with Gasteiger partial charge < -0.3 is 4.74 Å². The van der Waals surface area contributed by atoms with E-state index in [0.29, 0.717) is 5.92 Å². The number of halogens is 4. The molecule has 0 unspecified atom stereocenters. The molecule has 0 amide bonds. The van der Waals surface area contributed by atoms with Gasteiger partial charge in [0.2, 0.25) is 0 Å². The van der Waals surface area contributed by atoms with E-state index < -0.39 is 18.2 Å². The molecule has 1 aliphatic rings. The molecule has 1 aromatic carbocycles. The van der Waals surface area contributed by atoms with Gasteiger partial charge in [-0.25, -0.2) is 4.39 Å². The van der Waals surface area contributed by atoms with Crippen LogP contribution in [0.25, 0.3) is 0 Å². The van der Waals surface area contributed by atoms with Gasteiger partial charge in [0.1, 0.15) is 0 Å². The van der Waals surface area contributed by atoms with E-state index >= 15 is 0 Å². The van der Waals surface area contributed by atoms with E-state index in [1.165, 1.54) is 12.1 Å². The molecule has 0 saturated heterocycles. The van der Waals surface area contributed by atoms with Gasteiger partial charge in [0, 0.05) is 5.54 Å². The summed E-state index contributed by atoms with van der Waals surface area (Å²) in [6.45, 7) is -3.01. The highest BCUT2D eigenvalue weighted by Crippen LogP contribution is 2.37. The highest BCUT2D eigenvalue weighted by atomic mass is 35.5. The molecule has 0 heterocycles. The minimum Gasteiger partial charge on any atom is -0.432 e. The van der Waals surface area contributed by atoms with Crippen LogP contribution in [0.1, 0.15) is 37.2 Å². The number of hydrogen-bond donors (Lipinski definition) is 0. The van der Waals surface area contributed by atoms with Crippen molar-refractivity contribution in [1.29, 1.82) is 0 Å². The fourth-order valence-corrected chi connectivity index (χ4v) is 2.92. The third kappa shape index (κ3) is 3.92. The minimum absolute atomic E-state index is 0.269. The van der Waals surface area contributed by atoms with E-state index in [1.54, 1.807) is 11.6 Å². The van der Waals surface area contributed by atoms with Crippen LogP contribution in [0.3, 0.4) is 0 Å². The molecular weight excluding hydrogens is 289 g/mol. The van der Waals surface area contributed by atoms with Gasteiger partial charge in [0.05, 0.1) is 0 Å². The second-order valence-corrected chi connectivity index (χ2v) is 5.25. The number of ether oxygens (including phenoxy) is 1. The van der Waals surface area contributed by atoms with Crippen molar-refractivity contribution in [3.05, 3.63) is 41.2 Å². The Morgan fingerprint density at radius 1 is 1.20 bits per heavy atom. The number of alkyl halides is 2. The summed E-state index contributed by atoms with van der Waals surface area (Å²) in [5.74, 6) is -0.381. The summed E-state index contributed by atoms with van der Waals surface area (Å²) >= 11 is 5.56. The zero-order valence-electron chi connectivity index (χ0n) is 10.9. The zero-order valence-corrected chi connectivity index (χ0v) is 11.6. The van der Waals surface area contributed by atoms with Crippen molar-refractivity contribution in [2.75, 3.05) is 0 Å². The Morgan fingerprint density at radius 3 is 2.45 bits per heavy atom. The van der Waals surface area contributed by atoms with Crippen molar-refractivity contribution in [1.82, 2.24) is 0 Å². The summed E-state index contributed by atoms with van der Waals surface area (Å²) in [7, 11) is 0. The fourth-order valence-electron chi connectivity index (χ4n) is 2.71. The lowest BCUT2D eigenvalue weighted by atomic mass is 9.79. The van der Waals surface area contributed by atoms with Gasteiger partial charge in [-0.1, -0.05) is 23.7 Å². The fraction of sp³-hybridized carbons (Fsp3) is 0.467. The molecule has 0 aliphatic heterocycles. The average molecular weight is 305 g/mol. The molecule has 0 bridgehead atoms. The van der Waals surface area contributed by atoms with E-state index in [0.717, 1.165) is 31.2 Å². The maximum Gasteiger partial charge on any atom is 0.387 e. The molecule has 0 radical (unpaired) electrons. The highest BCUT2D eigenvalue weighted by molar-refractivity contribution is 6.25. The molecular formula is C15H16ClF3O. The van der Waals surface area contributed by atoms with Crippen LogP contribution in [0.15, 0.2) is 29.8 Å². The van der Waals surface area contributed by atoms with Gasteiger partial charge in [0.25, 0.3) is 0 Å². The number of allylic oxidation sites excluding steroid dienone is 1. The molecule has 1 aliphatic carbocycles. The number of hydrogen-bond acceptors (Lipinski definition) is 1. The van der Waals surface area contributed by atoms with Gasteiger partial charge in [-0.15, -0.1) is 0 Å². The summed E-state index contributed by atoms with van der Waals surface area (Å²) in [4.78, 5) is 0. The lowest BCUT2D eigenvalue weighted by Crippen LogP contribution is -2.12. The molecule has 0 N–H and O–H groups in total. The molecule has 0 atom stereocenters. The normalized spacial score (nSPS) is 23.4. The van der Waals surface area contributed by atoms with E-state index in [1.807, 2.05) is 6.08 Å². The van der Waals surface area contributed by atoms with E-state index in [2.05, 4.69) is 4.74 Å². The SMILES string of the molecule is Fc1cc(C2CCC(/C=C/Cl)CC2)ccc1OC(F)F. The van der Waals surface area contributed by atoms with Gasteiger partial charge in [-0.2, -0.15) is 8.78 Å². The molecule has 1 saturated carbocycles. The van der Waals surface area contributed by atoms with Crippen LogP contribution in [0.5, 0.6) is 5.75 Å². The Labute approximate surface area is 121 Å².